The van der Waals surface area contributed by atoms with Gasteiger partial charge in [-0.25, -0.2) is 0 Å². The van der Waals surface area contributed by atoms with Crippen LogP contribution in [0.15, 0.2) is 12.4 Å². The predicted molar refractivity (Wildman–Crippen MR) is 106 cm³/mol. The molecule has 1 unspecified atom stereocenters. The fourth-order valence-electron chi connectivity index (χ4n) is 4.48. The van der Waals surface area contributed by atoms with Gasteiger partial charge in [-0.2, -0.15) is 5.10 Å². The molecule has 3 atom stereocenters. The maximum absolute atomic E-state index is 12.7. The third-order valence-electron chi connectivity index (χ3n) is 6.18. The number of rotatable bonds is 8. The molecule has 1 aromatic heterocycles. The first-order valence-corrected chi connectivity index (χ1v) is 10.7. The molecular weight excluding hydrogens is 372 g/mol. The van der Waals surface area contributed by atoms with Gasteiger partial charge in [0.05, 0.1) is 38.1 Å². The van der Waals surface area contributed by atoms with Gasteiger partial charge in [-0.15, -0.1) is 0 Å². The van der Waals surface area contributed by atoms with Gasteiger partial charge in [0.1, 0.15) is 5.60 Å². The lowest BCUT2D eigenvalue weighted by molar-refractivity contribution is -0.166. The number of nitrogens with zero attached hydrogens (tertiary/aromatic N) is 3. The normalized spacial score (nSPS) is 27.3. The van der Waals surface area contributed by atoms with Crippen LogP contribution in [0.2, 0.25) is 0 Å². The van der Waals surface area contributed by atoms with Gasteiger partial charge in [-0.1, -0.05) is 0 Å². The second-order valence-corrected chi connectivity index (χ2v) is 9.03. The summed E-state index contributed by atoms with van der Waals surface area (Å²) in [6.45, 7) is 6.24. The summed E-state index contributed by atoms with van der Waals surface area (Å²) >= 11 is 0. The molecular formula is C21H32N4O4. The fourth-order valence-corrected chi connectivity index (χ4v) is 4.48. The van der Waals surface area contributed by atoms with E-state index in [1.54, 1.807) is 4.68 Å². The highest BCUT2D eigenvalue weighted by Crippen LogP contribution is 2.50. The minimum absolute atomic E-state index is 0.00390. The maximum Gasteiger partial charge on any atom is 0.226 e. The maximum atomic E-state index is 12.7. The van der Waals surface area contributed by atoms with Crippen LogP contribution in [-0.2, 0) is 26.1 Å². The Kier molecular flexibility index (Phi) is 5.66. The Balaban J connectivity index is 1.15. The summed E-state index contributed by atoms with van der Waals surface area (Å²) in [6, 6.07) is 0. The highest BCUT2D eigenvalue weighted by atomic mass is 16.5. The van der Waals surface area contributed by atoms with Gasteiger partial charge in [0, 0.05) is 32.1 Å². The van der Waals surface area contributed by atoms with Crippen LogP contribution in [0.1, 0.15) is 51.0 Å². The molecule has 3 fully saturated rings. The van der Waals surface area contributed by atoms with Gasteiger partial charge in [0.15, 0.2) is 0 Å². The molecule has 8 heteroatoms. The molecule has 8 nitrogen and oxygen atoms in total. The number of likely N-dealkylation sites (tertiary alicyclic amines) is 1. The van der Waals surface area contributed by atoms with E-state index in [0.29, 0.717) is 38.6 Å². The molecule has 1 saturated carbocycles. The Morgan fingerprint density at radius 2 is 2.21 bits per heavy atom. The van der Waals surface area contributed by atoms with Crippen LogP contribution in [0.4, 0.5) is 0 Å². The van der Waals surface area contributed by atoms with Crippen LogP contribution in [0.25, 0.3) is 0 Å². The number of carbonyl (C=O) groups is 2. The fraction of sp³-hybridized carbons (Fsp3) is 0.762. The Hall–Kier alpha value is -1.93. The van der Waals surface area contributed by atoms with Crippen LogP contribution < -0.4 is 5.32 Å². The van der Waals surface area contributed by atoms with Crippen molar-refractivity contribution in [2.24, 2.45) is 13.0 Å². The van der Waals surface area contributed by atoms with Crippen molar-refractivity contribution in [2.75, 3.05) is 26.2 Å². The molecule has 2 aliphatic heterocycles. The second-order valence-electron chi connectivity index (χ2n) is 9.03. The number of nitrogens with one attached hydrogen (secondary N) is 1. The van der Waals surface area contributed by atoms with Crippen molar-refractivity contribution in [3.05, 3.63) is 18.0 Å². The molecule has 3 aliphatic rings. The zero-order chi connectivity index (χ0) is 20.6. The van der Waals surface area contributed by atoms with Crippen molar-refractivity contribution in [2.45, 2.75) is 63.3 Å². The summed E-state index contributed by atoms with van der Waals surface area (Å²) < 4.78 is 13.4. The standard InChI is InChI=1S/C21H32N4O4/c1-14(2)28-7-5-19(26)22-10-16-4-6-21(29-16)12-25(13-21)20(27)18-8-17(18)15-9-23-24(3)11-15/h9,11,14,16-18H,4-8,10,12-13H2,1-3H3,(H,22,26)/t16?,17-,18+/m0/s1. The number of aromatic nitrogens is 2. The number of carbonyl (C=O) groups excluding carboxylic acids is 2. The molecule has 29 heavy (non-hydrogen) atoms. The Morgan fingerprint density at radius 3 is 2.90 bits per heavy atom. The molecule has 0 radical (unpaired) electrons. The van der Waals surface area contributed by atoms with E-state index in [2.05, 4.69) is 10.4 Å². The van der Waals surface area contributed by atoms with E-state index >= 15 is 0 Å². The summed E-state index contributed by atoms with van der Waals surface area (Å²) in [5.41, 5.74) is 0.956. The average Bonchev–Trinajstić information content (AvgIpc) is 3.12. The van der Waals surface area contributed by atoms with E-state index in [4.69, 9.17) is 9.47 Å². The average molecular weight is 405 g/mol. The van der Waals surface area contributed by atoms with E-state index in [0.717, 1.165) is 24.8 Å². The number of hydrogen-bond donors (Lipinski definition) is 1. The molecule has 1 N–H and O–H groups in total. The van der Waals surface area contributed by atoms with Crippen LogP contribution in [0.3, 0.4) is 0 Å². The van der Waals surface area contributed by atoms with Crippen LogP contribution in [0, 0.1) is 5.92 Å². The van der Waals surface area contributed by atoms with Gasteiger partial charge in [0.2, 0.25) is 11.8 Å². The molecule has 1 aliphatic carbocycles. The summed E-state index contributed by atoms with van der Waals surface area (Å²) in [6.07, 6.45) is 7.21. The van der Waals surface area contributed by atoms with Gasteiger partial charge in [0.25, 0.3) is 0 Å². The third kappa shape index (κ3) is 4.64. The molecule has 0 aromatic carbocycles. The molecule has 0 bridgehead atoms. The van der Waals surface area contributed by atoms with E-state index in [-0.39, 0.29) is 35.5 Å². The Bertz CT molecular complexity index is 756. The molecule has 1 spiro atoms. The van der Waals surface area contributed by atoms with Crippen molar-refractivity contribution >= 4 is 11.8 Å². The van der Waals surface area contributed by atoms with E-state index < -0.39 is 0 Å². The van der Waals surface area contributed by atoms with Gasteiger partial charge < -0.3 is 19.7 Å². The molecule has 2 amide bonds. The molecule has 4 rings (SSSR count). The van der Waals surface area contributed by atoms with Crippen LogP contribution >= 0.6 is 0 Å². The van der Waals surface area contributed by atoms with Crippen molar-refractivity contribution in [1.82, 2.24) is 20.0 Å². The SMILES string of the molecule is CC(C)OCCC(=O)NCC1CCC2(CN(C(=O)[C@@H]3C[C@H]3c3cnn(C)c3)C2)O1. The van der Waals surface area contributed by atoms with Crippen molar-refractivity contribution in [1.29, 1.82) is 0 Å². The van der Waals surface area contributed by atoms with Gasteiger partial charge in [-0.3, -0.25) is 14.3 Å². The Labute approximate surface area is 171 Å². The topological polar surface area (TPSA) is 85.7 Å². The largest absolute Gasteiger partial charge is 0.378 e. The van der Waals surface area contributed by atoms with Crippen molar-refractivity contribution in [3.63, 3.8) is 0 Å². The number of ether oxygens (including phenoxy) is 2. The number of aryl methyl sites for hydroxylation is 1. The van der Waals surface area contributed by atoms with E-state index in [1.807, 2.05) is 38.2 Å². The van der Waals surface area contributed by atoms with Crippen molar-refractivity contribution in [3.8, 4) is 0 Å². The lowest BCUT2D eigenvalue weighted by atomic mass is 9.90. The lowest BCUT2D eigenvalue weighted by Crippen LogP contribution is -2.64. The van der Waals surface area contributed by atoms with E-state index in [1.165, 1.54) is 0 Å². The quantitative estimate of drug-likeness (QED) is 0.704. The third-order valence-corrected chi connectivity index (χ3v) is 6.18. The molecule has 3 heterocycles. The summed E-state index contributed by atoms with van der Waals surface area (Å²) in [7, 11) is 1.90. The predicted octanol–water partition coefficient (Wildman–Crippen LogP) is 1.21. The minimum atomic E-state index is -0.204. The zero-order valence-electron chi connectivity index (χ0n) is 17.6. The monoisotopic (exact) mass is 404 g/mol. The highest BCUT2D eigenvalue weighted by Gasteiger charge is 2.55. The summed E-state index contributed by atoms with van der Waals surface area (Å²) in [5.74, 6) is 0.659. The lowest BCUT2D eigenvalue weighted by Gasteiger charge is -2.47. The molecule has 1 aromatic rings. The van der Waals surface area contributed by atoms with Crippen molar-refractivity contribution < 1.29 is 19.1 Å². The second kappa shape index (κ2) is 8.07. The molecule has 2 saturated heterocycles. The smallest absolute Gasteiger partial charge is 0.226 e. The highest BCUT2D eigenvalue weighted by molar-refractivity contribution is 5.84. The molecule has 160 valence electrons. The summed E-state index contributed by atoms with van der Waals surface area (Å²) in [5, 5.41) is 7.15. The summed E-state index contributed by atoms with van der Waals surface area (Å²) in [4.78, 5) is 26.6. The van der Waals surface area contributed by atoms with Gasteiger partial charge >= 0.3 is 0 Å². The zero-order valence-corrected chi connectivity index (χ0v) is 17.6. The minimum Gasteiger partial charge on any atom is -0.378 e. The number of hydrogen-bond acceptors (Lipinski definition) is 5. The van der Waals surface area contributed by atoms with Crippen LogP contribution in [-0.4, -0.2) is 70.5 Å². The van der Waals surface area contributed by atoms with Crippen LogP contribution in [0.5, 0.6) is 0 Å². The number of amides is 2. The van der Waals surface area contributed by atoms with Gasteiger partial charge in [-0.05, 0) is 44.6 Å². The first-order valence-electron chi connectivity index (χ1n) is 10.7. The first kappa shape index (κ1) is 20.3. The first-order chi connectivity index (χ1) is 13.8. The van der Waals surface area contributed by atoms with E-state index in [9.17, 15) is 9.59 Å². The Morgan fingerprint density at radius 1 is 1.41 bits per heavy atom.